The van der Waals surface area contributed by atoms with Crippen molar-refractivity contribution < 1.29 is 9.84 Å². The lowest BCUT2D eigenvalue weighted by atomic mass is 10.1. The molecule has 4 rings (SSSR count). The van der Waals surface area contributed by atoms with Crippen molar-refractivity contribution >= 4 is 22.4 Å². The molecule has 0 aliphatic heterocycles. The number of benzene rings is 3. The van der Waals surface area contributed by atoms with Crippen LogP contribution in [0, 0.1) is 13.8 Å². The molecular weight excluding hydrogens is 350 g/mol. The van der Waals surface area contributed by atoms with Gasteiger partial charge in [0, 0.05) is 11.1 Å². The minimum Gasteiger partial charge on any atom is -0.504 e. The van der Waals surface area contributed by atoms with Gasteiger partial charge in [0.15, 0.2) is 17.3 Å². The van der Waals surface area contributed by atoms with Gasteiger partial charge in [0.25, 0.3) is 0 Å². The average Bonchev–Trinajstić information content (AvgIpc) is 2.71. The molecule has 1 aromatic heterocycles. The Bertz CT molecular complexity index is 1170. The molecule has 28 heavy (non-hydrogen) atoms. The molecule has 0 amide bonds. The first-order valence-electron chi connectivity index (χ1n) is 9.05. The monoisotopic (exact) mass is 371 g/mol. The maximum absolute atomic E-state index is 10.6. The van der Waals surface area contributed by atoms with E-state index in [-0.39, 0.29) is 5.75 Å². The molecule has 0 fully saturated rings. The van der Waals surface area contributed by atoms with E-state index in [2.05, 4.69) is 30.2 Å². The van der Waals surface area contributed by atoms with E-state index in [9.17, 15) is 5.11 Å². The molecule has 1 heterocycles. The Labute approximate surface area is 163 Å². The SMILES string of the molecule is COc1cccc(-c2nc(Nc3cccc(C)c3C)c3ccccc3n2)c1O. The largest absolute Gasteiger partial charge is 0.504 e. The second-order valence-electron chi connectivity index (χ2n) is 6.64. The van der Waals surface area contributed by atoms with Crippen molar-refractivity contribution in [1.82, 2.24) is 9.97 Å². The summed E-state index contributed by atoms with van der Waals surface area (Å²) in [6.07, 6.45) is 0. The van der Waals surface area contributed by atoms with Gasteiger partial charge < -0.3 is 15.2 Å². The van der Waals surface area contributed by atoms with Gasteiger partial charge in [-0.3, -0.25) is 0 Å². The van der Waals surface area contributed by atoms with E-state index >= 15 is 0 Å². The van der Waals surface area contributed by atoms with E-state index in [1.807, 2.05) is 42.5 Å². The second-order valence-corrected chi connectivity index (χ2v) is 6.64. The standard InChI is InChI=1S/C23H21N3O2/c1-14-8-6-12-18(15(14)2)24-22-16-9-4-5-11-19(16)25-23(26-22)17-10-7-13-20(28-3)21(17)27/h4-13,27H,1-3H3,(H,24,25,26). The van der Waals surface area contributed by atoms with E-state index in [4.69, 9.17) is 9.72 Å². The summed E-state index contributed by atoms with van der Waals surface area (Å²) < 4.78 is 5.23. The molecule has 0 saturated carbocycles. The van der Waals surface area contributed by atoms with Gasteiger partial charge >= 0.3 is 0 Å². The minimum absolute atomic E-state index is 0.0259. The van der Waals surface area contributed by atoms with Crippen molar-refractivity contribution in [3.05, 3.63) is 71.8 Å². The van der Waals surface area contributed by atoms with Crippen molar-refractivity contribution in [3.8, 4) is 22.9 Å². The summed E-state index contributed by atoms with van der Waals surface area (Å²) in [4.78, 5) is 9.39. The second kappa shape index (κ2) is 7.19. The zero-order valence-corrected chi connectivity index (χ0v) is 16.0. The molecule has 0 spiro atoms. The van der Waals surface area contributed by atoms with E-state index in [1.54, 1.807) is 12.1 Å². The zero-order chi connectivity index (χ0) is 19.7. The van der Waals surface area contributed by atoms with Gasteiger partial charge in [0.1, 0.15) is 5.82 Å². The van der Waals surface area contributed by atoms with Crippen LogP contribution in [0.3, 0.4) is 0 Å². The molecule has 3 aromatic carbocycles. The molecule has 0 unspecified atom stereocenters. The molecule has 140 valence electrons. The lowest BCUT2D eigenvalue weighted by Gasteiger charge is -2.14. The molecule has 0 bridgehead atoms. The number of nitrogens with one attached hydrogen (secondary N) is 1. The third-order valence-electron chi connectivity index (χ3n) is 4.92. The van der Waals surface area contributed by atoms with Crippen molar-refractivity contribution in [3.63, 3.8) is 0 Å². The number of aromatic hydroxyl groups is 1. The number of aryl methyl sites for hydroxylation is 1. The molecule has 5 heteroatoms. The van der Waals surface area contributed by atoms with Crippen LogP contribution in [0.15, 0.2) is 60.7 Å². The molecule has 0 radical (unpaired) electrons. The highest BCUT2D eigenvalue weighted by atomic mass is 16.5. The number of ether oxygens (including phenoxy) is 1. The van der Waals surface area contributed by atoms with Crippen LogP contribution in [0.5, 0.6) is 11.5 Å². The van der Waals surface area contributed by atoms with Crippen LogP contribution in [0.4, 0.5) is 11.5 Å². The molecule has 0 saturated heterocycles. The highest BCUT2D eigenvalue weighted by molar-refractivity contribution is 5.93. The number of anilines is 2. The molecule has 5 nitrogen and oxygen atoms in total. The number of hydrogen-bond acceptors (Lipinski definition) is 5. The summed E-state index contributed by atoms with van der Waals surface area (Å²) in [6, 6.07) is 19.2. The highest BCUT2D eigenvalue weighted by Crippen LogP contribution is 2.37. The van der Waals surface area contributed by atoms with Gasteiger partial charge in [-0.05, 0) is 55.3 Å². The van der Waals surface area contributed by atoms with Crippen LogP contribution in [-0.2, 0) is 0 Å². The first-order chi connectivity index (χ1) is 13.6. The Morgan fingerprint density at radius 3 is 2.50 bits per heavy atom. The third-order valence-corrected chi connectivity index (χ3v) is 4.92. The van der Waals surface area contributed by atoms with Crippen LogP contribution in [0.25, 0.3) is 22.3 Å². The first-order valence-corrected chi connectivity index (χ1v) is 9.05. The maximum Gasteiger partial charge on any atom is 0.168 e. The summed E-state index contributed by atoms with van der Waals surface area (Å²) >= 11 is 0. The smallest absolute Gasteiger partial charge is 0.168 e. The summed E-state index contributed by atoms with van der Waals surface area (Å²) in [5.74, 6) is 1.54. The minimum atomic E-state index is 0.0259. The summed E-state index contributed by atoms with van der Waals surface area (Å²) in [6.45, 7) is 4.16. The Morgan fingerprint density at radius 1 is 0.893 bits per heavy atom. The van der Waals surface area contributed by atoms with Crippen molar-refractivity contribution in [2.75, 3.05) is 12.4 Å². The number of methoxy groups -OCH3 is 1. The lowest BCUT2D eigenvalue weighted by molar-refractivity contribution is 0.374. The highest BCUT2D eigenvalue weighted by Gasteiger charge is 2.15. The van der Waals surface area contributed by atoms with E-state index in [0.717, 1.165) is 22.2 Å². The van der Waals surface area contributed by atoms with Gasteiger partial charge in [0.05, 0.1) is 18.2 Å². The molecule has 0 aliphatic rings. The fourth-order valence-corrected chi connectivity index (χ4v) is 3.17. The van der Waals surface area contributed by atoms with Crippen LogP contribution in [-0.4, -0.2) is 22.2 Å². The number of phenolic OH excluding ortho intramolecular Hbond substituents is 1. The normalized spacial score (nSPS) is 10.8. The first kappa shape index (κ1) is 17.8. The zero-order valence-electron chi connectivity index (χ0n) is 16.0. The van der Waals surface area contributed by atoms with Gasteiger partial charge in [-0.25, -0.2) is 9.97 Å². The fraction of sp³-hybridized carbons (Fsp3) is 0.130. The quantitative estimate of drug-likeness (QED) is 0.505. The van der Waals surface area contributed by atoms with E-state index in [1.165, 1.54) is 12.7 Å². The summed E-state index contributed by atoms with van der Waals surface area (Å²) in [5.41, 5.74) is 4.67. The molecular formula is C23H21N3O2. The molecule has 2 N–H and O–H groups in total. The van der Waals surface area contributed by atoms with Gasteiger partial charge in [-0.2, -0.15) is 0 Å². The summed E-state index contributed by atoms with van der Waals surface area (Å²) in [5, 5.41) is 14.9. The predicted octanol–water partition coefficient (Wildman–Crippen LogP) is 5.37. The number of aromatic nitrogens is 2. The molecule has 0 atom stereocenters. The number of phenols is 1. The molecule has 0 aliphatic carbocycles. The van der Waals surface area contributed by atoms with E-state index < -0.39 is 0 Å². The van der Waals surface area contributed by atoms with Crippen LogP contribution in [0.1, 0.15) is 11.1 Å². The van der Waals surface area contributed by atoms with Crippen LogP contribution >= 0.6 is 0 Å². The van der Waals surface area contributed by atoms with Crippen molar-refractivity contribution in [2.24, 2.45) is 0 Å². The predicted molar refractivity (Wildman–Crippen MR) is 112 cm³/mol. The van der Waals surface area contributed by atoms with E-state index in [0.29, 0.717) is 23.0 Å². The maximum atomic E-state index is 10.6. The topological polar surface area (TPSA) is 67.3 Å². The number of hydrogen-bond donors (Lipinski definition) is 2. The van der Waals surface area contributed by atoms with Gasteiger partial charge in [-0.1, -0.05) is 30.3 Å². The average molecular weight is 371 g/mol. The Kier molecular flexibility index (Phi) is 4.57. The third kappa shape index (κ3) is 3.11. The van der Waals surface area contributed by atoms with Gasteiger partial charge in [-0.15, -0.1) is 0 Å². The number of nitrogens with zero attached hydrogens (tertiary/aromatic N) is 2. The summed E-state index contributed by atoms with van der Waals surface area (Å²) in [7, 11) is 1.52. The van der Waals surface area contributed by atoms with Crippen molar-refractivity contribution in [2.45, 2.75) is 13.8 Å². The fourth-order valence-electron chi connectivity index (χ4n) is 3.17. The number of para-hydroxylation sites is 2. The van der Waals surface area contributed by atoms with Gasteiger partial charge in [0.2, 0.25) is 0 Å². The Hall–Kier alpha value is -3.60. The van der Waals surface area contributed by atoms with Crippen LogP contribution in [0.2, 0.25) is 0 Å². The Balaban J connectivity index is 1.90. The lowest BCUT2D eigenvalue weighted by Crippen LogP contribution is -2.01. The number of rotatable bonds is 4. The molecule has 4 aromatic rings. The van der Waals surface area contributed by atoms with Crippen LogP contribution < -0.4 is 10.1 Å². The number of fused-ring (bicyclic) bond motifs is 1. The Morgan fingerprint density at radius 2 is 1.68 bits per heavy atom. The van der Waals surface area contributed by atoms with Crippen molar-refractivity contribution in [1.29, 1.82) is 0 Å².